The molecule has 1 heterocycles. The van der Waals surface area contributed by atoms with E-state index >= 15 is 0 Å². The second-order valence-electron chi connectivity index (χ2n) is 4.52. The summed E-state index contributed by atoms with van der Waals surface area (Å²) in [4.78, 5) is 0. The predicted octanol–water partition coefficient (Wildman–Crippen LogP) is 2.99. The minimum atomic E-state index is 0.718. The number of aryl methyl sites for hydroxylation is 1. The van der Waals surface area contributed by atoms with E-state index in [9.17, 15) is 0 Å². The SMILES string of the molecule is CCCNC(CCc1ccco1)C1CC1. The second kappa shape index (κ2) is 5.36. The van der Waals surface area contributed by atoms with Crippen LogP contribution in [0.25, 0.3) is 0 Å². The van der Waals surface area contributed by atoms with Crippen molar-refractivity contribution < 1.29 is 4.42 Å². The first-order valence-electron chi connectivity index (χ1n) is 6.16. The van der Waals surface area contributed by atoms with Crippen LogP contribution in [0.4, 0.5) is 0 Å². The van der Waals surface area contributed by atoms with E-state index in [1.807, 2.05) is 6.07 Å². The zero-order valence-corrected chi connectivity index (χ0v) is 9.54. The Hall–Kier alpha value is -0.760. The molecule has 1 atom stereocenters. The Morgan fingerprint density at radius 3 is 3.00 bits per heavy atom. The Bertz CT molecular complexity index is 264. The normalized spacial score (nSPS) is 17.9. The fourth-order valence-corrected chi connectivity index (χ4v) is 2.09. The monoisotopic (exact) mass is 207 g/mol. The molecule has 1 aromatic heterocycles. The summed E-state index contributed by atoms with van der Waals surface area (Å²) in [6.45, 7) is 3.38. The van der Waals surface area contributed by atoms with E-state index in [1.54, 1.807) is 6.26 Å². The van der Waals surface area contributed by atoms with Gasteiger partial charge in [0.15, 0.2) is 0 Å². The average molecular weight is 207 g/mol. The highest BCUT2D eigenvalue weighted by molar-refractivity contribution is 4.99. The van der Waals surface area contributed by atoms with Gasteiger partial charge in [0.05, 0.1) is 6.26 Å². The fourth-order valence-electron chi connectivity index (χ4n) is 2.09. The molecule has 1 fully saturated rings. The van der Waals surface area contributed by atoms with E-state index < -0.39 is 0 Å². The first-order valence-corrected chi connectivity index (χ1v) is 6.16. The van der Waals surface area contributed by atoms with Crippen LogP contribution in [0.2, 0.25) is 0 Å². The van der Waals surface area contributed by atoms with Crippen LogP contribution in [-0.2, 0) is 6.42 Å². The van der Waals surface area contributed by atoms with Crippen LogP contribution >= 0.6 is 0 Å². The van der Waals surface area contributed by atoms with Gasteiger partial charge in [0.2, 0.25) is 0 Å². The van der Waals surface area contributed by atoms with Gasteiger partial charge in [0.25, 0.3) is 0 Å². The zero-order chi connectivity index (χ0) is 10.5. The van der Waals surface area contributed by atoms with E-state index in [2.05, 4.69) is 18.3 Å². The summed E-state index contributed by atoms with van der Waals surface area (Å²) in [5.41, 5.74) is 0. The Balaban J connectivity index is 1.74. The van der Waals surface area contributed by atoms with Crippen molar-refractivity contribution in [2.24, 2.45) is 5.92 Å². The number of rotatable bonds is 7. The van der Waals surface area contributed by atoms with Gasteiger partial charge in [-0.3, -0.25) is 0 Å². The highest BCUT2D eigenvalue weighted by Crippen LogP contribution is 2.34. The number of hydrogen-bond donors (Lipinski definition) is 1. The first-order chi connectivity index (χ1) is 7.40. The molecule has 2 nitrogen and oxygen atoms in total. The van der Waals surface area contributed by atoms with Gasteiger partial charge in [0.1, 0.15) is 5.76 Å². The molecule has 0 aromatic carbocycles. The van der Waals surface area contributed by atoms with Gasteiger partial charge in [-0.15, -0.1) is 0 Å². The average Bonchev–Trinajstić information content (AvgIpc) is 2.95. The molecule has 1 aliphatic rings. The molecule has 0 bridgehead atoms. The molecule has 0 saturated heterocycles. The highest BCUT2D eigenvalue weighted by atomic mass is 16.3. The molecule has 84 valence electrons. The molecule has 0 spiro atoms. The summed E-state index contributed by atoms with van der Waals surface area (Å²) in [6, 6.07) is 4.76. The first kappa shape index (κ1) is 10.7. The molecule has 1 aromatic rings. The Morgan fingerprint density at radius 2 is 2.40 bits per heavy atom. The van der Waals surface area contributed by atoms with Crippen molar-refractivity contribution in [3.63, 3.8) is 0 Å². The molecule has 2 heteroatoms. The largest absolute Gasteiger partial charge is 0.469 e. The molecule has 0 aliphatic heterocycles. The summed E-state index contributed by atoms with van der Waals surface area (Å²) in [6.07, 6.45) is 8.12. The van der Waals surface area contributed by atoms with Gasteiger partial charge in [0, 0.05) is 12.5 Å². The molecule has 1 unspecified atom stereocenters. The van der Waals surface area contributed by atoms with Crippen LogP contribution in [-0.4, -0.2) is 12.6 Å². The van der Waals surface area contributed by atoms with Crippen LogP contribution < -0.4 is 5.32 Å². The minimum absolute atomic E-state index is 0.718. The molecule has 0 radical (unpaired) electrons. The van der Waals surface area contributed by atoms with E-state index in [0.29, 0.717) is 0 Å². The molecule has 1 aliphatic carbocycles. The maximum atomic E-state index is 5.36. The quantitative estimate of drug-likeness (QED) is 0.743. The van der Waals surface area contributed by atoms with Crippen molar-refractivity contribution in [1.29, 1.82) is 0 Å². The van der Waals surface area contributed by atoms with Crippen LogP contribution in [0.5, 0.6) is 0 Å². The maximum absolute atomic E-state index is 5.36. The summed E-state index contributed by atoms with van der Waals surface area (Å²) < 4.78 is 5.36. The topological polar surface area (TPSA) is 25.2 Å². The lowest BCUT2D eigenvalue weighted by Crippen LogP contribution is -2.32. The minimum Gasteiger partial charge on any atom is -0.469 e. The van der Waals surface area contributed by atoms with E-state index in [0.717, 1.165) is 30.7 Å². The van der Waals surface area contributed by atoms with Crippen LogP contribution in [0.1, 0.15) is 38.4 Å². The van der Waals surface area contributed by atoms with Crippen LogP contribution in [0, 0.1) is 5.92 Å². The molecule has 15 heavy (non-hydrogen) atoms. The lowest BCUT2D eigenvalue weighted by Gasteiger charge is -2.17. The lowest BCUT2D eigenvalue weighted by molar-refractivity contribution is 0.412. The van der Waals surface area contributed by atoms with Crippen molar-refractivity contribution in [3.8, 4) is 0 Å². The van der Waals surface area contributed by atoms with Gasteiger partial charge in [-0.25, -0.2) is 0 Å². The fraction of sp³-hybridized carbons (Fsp3) is 0.692. The van der Waals surface area contributed by atoms with Gasteiger partial charge in [-0.05, 0) is 50.3 Å². The van der Waals surface area contributed by atoms with Crippen LogP contribution in [0.3, 0.4) is 0 Å². The van der Waals surface area contributed by atoms with E-state index in [1.165, 1.54) is 25.7 Å². The third kappa shape index (κ3) is 3.38. The van der Waals surface area contributed by atoms with Gasteiger partial charge in [-0.1, -0.05) is 6.92 Å². The maximum Gasteiger partial charge on any atom is 0.103 e. The van der Waals surface area contributed by atoms with Gasteiger partial charge in [-0.2, -0.15) is 0 Å². The second-order valence-corrected chi connectivity index (χ2v) is 4.52. The Morgan fingerprint density at radius 1 is 1.53 bits per heavy atom. The summed E-state index contributed by atoms with van der Waals surface area (Å²) in [7, 11) is 0. The van der Waals surface area contributed by atoms with Gasteiger partial charge < -0.3 is 9.73 Å². The van der Waals surface area contributed by atoms with Gasteiger partial charge >= 0.3 is 0 Å². The number of hydrogen-bond acceptors (Lipinski definition) is 2. The summed E-state index contributed by atoms with van der Waals surface area (Å²) in [5, 5.41) is 3.65. The standard InChI is InChI=1S/C13H21NO/c1-2-9-14-13(11-5-6-11)8-7-12-4-3-10-15-12/h3-4,10-11,13-14H,2,5-9H2,1H3. The highest BCUT2D eigenvalue weighted by Gasteiger charge is 2.30. The molecule has 1 saturated carbocycles. The van der Waals surface area contributed by atoms with Crippen LogP contribution in [0.15, 0.2) is 22.8 Å². The van der Waals surface area contributed by atoms with Crippen molar-refractivity contribution in [1.82, 2.24) is 5.32 Å². The zero-order valence-electron chi connectivity index (χ0n) is 9.54. The molecule has 2 rings (SSSR count). The summed E-state index contributed by atoms with van der Waals surface area (Å²) in [5.74, 6) is 2.06. The Labute approximate surface area is 92.1 Å². The third-order valence-electron chi connectivity index (χ3n) is 3.13. The summed E-state index contributed by atoms with van der Waals surface area (Å²) >= 11 is 0. The predicted molar refractivity (Wildman–Crippen MR) is 61.8 cm³/mol. The number of furan rings is 1. The lowest BCUT2D eigenvalue weighted by atomic mass is 10.1. The van der Waals surface area contributed by atoms with E-state index in [4.69, 9.17) is 4.42 Å². The smallest absolute Gasteiger partial charge is 0.103 e. The number of nitrogens with one attached hydrogen (secondary N) is 1. The Kier molecular flexibility index (Phi) is 3.84. The molecular weight excluding hydrogens is 186 g/mol. The van der Waals surface area contributed by atoms with Crippen molar-refractivity contribution in [3.05, 3.63) is 24.2 Å². The van der Waals surface area contributed by atoms with E-state index in [-0.39, 0.29) is 0 Å². The van der Waals surface area contributed by atoms with Crippen molar-refractivity contribution in [2.75, 3.05) is 6.54 Å². The molecular formula is C13H21NO. The molecule has 1 N–H and O–H groups in total. The third-order valence-corrected chi connectivity index (χ3v) is 3.13. The van der Waals surface area contributed by atoms with Crippen molar-refractivity contribution >= 4 is 0 Å². The molecule has 0 amide bonds. The van der Waals surface area contributed by atoms with Crippen molar-refractivity contribution in [2.45, 2.75) is 45.1 Å².